The summed E-state index contributed by atoms with van der Waals surface area (Å²) in [6.45, 7) is 1.96. The highest BCUT2D eigenvalue weighted by molar-refractivity contribution is 5.95. The van der Waals surface area contributed by atoms with Gasteiger partial charge in [0.2, 0.25) is 0 Å². The molecule has 2 heterocycles. The van der Waals surface area contributed by atoms with E-state index in [4.69, 9.17) is 0 Å². The Morgan fingerprint density at radius 1 is 1.14 bits per heavy atom. The third-order valence-corrected chi connectivity index (χ3v) is 5.57. The van der Waals surface area contributed by atoms with Crippen molar-refractivity contribution >= 4 is 11.6 Å². The first kappa shape index (κ1) is 13.2. The first-order valence-corrected chi connectivity index (χ1v) is 8.51. The first-order chi connectivity index (χ1) is 10.3. The van der Waals surface area contributed by atoms with Gasteiger partial charge in [-0.2, -0.15) is 0 Å². The fraction of sp³-hybridized carbons (Fsp3) is 0.611. The van der Waals surface area contributed by atoms with Gasteiger partial charge in [-0.3, -0.25) is 4.79 Å². The zero-order valence-corrected chi connectivity index (χ0v) is 12.6. The zero-order chi connectivity index (χ0) is 14.2. The van der Waals surface area contributed by atoms with Gasteiger partial charge in [-0.25, -0.2) is 0 Å². The minimum atomic E-state index is 0.265. The van der Waals surface area contributed by atoms with E-state index in [1.54, 1.807) is 0 Å². The van der Waals surface area contributed by atoms with Gasteiger partial charge in [-0.1, -0.05) is 12.8 Å². The standard InChI is InChI=1S/C18H24N2O/c21-18(15-7-8-16-14(12-15)9-10-19-16)20-11-3-5-13-4-1-2-6-17(13)20/h7-8,12-13,17,19H,1-6,9-11H2/t13-,17+/m0/s1. The number of nitrogens with zero attached hydrogens (tertiary/aromatic N) is 1. The summed E-state index contributed by atoms with van der Waals surface area (Å²) < 4.78 is 0. The van der Waals surface area contributed by atoms with Gasteiger partial charge in [0.05, 0.1) is 0 Å². The van der Waals surface area contributed by atoms with E-state index in [-0.39, 0.29) is 5.91 Å². The minimum Gasteiger partial charge on any atom is -0.384 e. The molecule has 4 rings (SSSR count). The van der Waals surface area contributed by atoms with Gasteiger partial charge in [0.1, 0.15) is 0 Å². The van der Waals surface area contributed by atoms with Crippen molar-refractivity contribution in [1.29, 1.82) is 0 Å². The summed E-state index contributed by atoms with van der Waals surface area (Å²) in [5.41, 5.74) is 3.41. The smallest absolute Gasteiger partial charge is 0.254 e. The Morgan fingerprint density at radius 2 is 2.00 bits per heavy atom. The quantitative estimate of drug-likeness (QED) is 0.856. The predicted octanol–water partition coefficient (Wildman–Crippen LogP) is 3.45. The Labute approximate surface area is 126 Å². The van der Waals surface area contributed by atoms with Gasteiger partial charge in [-0.15, -0.1) is 0 Å². The molecule has 2 atom stereocenters. The molecular formula is C18H24N2O. The molecule has 21 heavy (non-hydrogen) atoms. The zero-order valence-electron chi connectivity index (χ0n) is 12.6. The summed E-state index contributed by atoms with van der Waals surface area (Å²) in [6, 6.07) is 6.71. The third kappa shape index (κ3) is 2.33. The Morgan fingerprint density at radius 3 is 2.95 bits per heavy atom. The van der Waals surface area contributed by atoms with Crippen LogP contribution < -0.4 is 5.32 Å². The Balaban J connectivity index is 1.58. The fourth-order valence-corrected chi connectivity index (χ4v) is 4.48. The second-order valence-electron chi connectivity index (χ2n) is 6.80. The molecule has 3 heteroatoms. The normalized spacial score (nSPS) is 27.7. The lowest BCUT2D eigenvalue weighted by Gasteiger charge is -2.44. The molecule has 3 aliphatic rings. The highest BCUT2D eigenvalue weighted by atomic mass is 16.2. The Kier molecular flexibility index (Phi) is 3.36. The molecule has 1 amide bonds. The number of carbonyl (C=O) groups is 1. The van der Waals surface area contributed by atoms with E-state index in [0.29, 0.717) is 6.04 Å². The summed E-state index contributed by atoms with van der Waals surface area (Å²) in [4.78, 5) is 15.2. The van der Waals surface area contributed by atoms with Crippen molar-refractivity contribution in [2.75, 3.05) is 18.4 Å². The molecule has 1 aromatic carbocycles. The van der Waals surface area contributed by atoms with Crippen LogP contribution in [0.25, 0.3) is 0 Å². The van der Waals surface area contributed by atoms with Crippen molar-refractivity contribution in [3.8, 4) is 0 Å². The molecule has 2 aliphatic heterocycles. The van der Waals surface area contributed by atoms with Gasteiger partial charge in [0.25, 0.3) is 5.91 Å². The summed E-state index contributed by atoms with van der Waals surface area (Å²) >= 11 is 0. The van der Waals surface area contributed by atoms with Crippen molar-refractivity contribution < 1.29 is 4.79 Å². The van der Waals surface area contributed by atoms with Crippen molar-refractivity contribution in [3.05, 3.63) is 29.3 Å². The van der Waals surface area contributed by atoms with E-state index >= 15 is 0 Å². The van der Waals surface area contributed by atoms with Crippen LogP contribution in [-0.4, -0.2) is 29.9 Å². The van der Waals surface area contributed by atoms with Crippen LogP contribution in [0.2, 0.25) is 0 Å². The average molecular weight is 284 g/mol. The highest BCUT2D eigenvalue weighted by Gasteiger charge is 2.36. The number of anilines is 1. The molecule has 1 N–H and O–H groups in total. The van der Waals surface area contributed by atoms with E-state index in [2.05, 4.69) is 22.3 Å². The van der Waals surface area contributed by atoms with Crippen LogP contribution in [0.4, 0.5) is 5.69 Å². The largest absolute Gasteiger partial charge is 0.384 e. The Hall–Kier alpha value is -1.51. The van der Waals surface area contributed by atoms with E-state index < -0.39 is 0 Å². The molecule has 1 aromatic rings. The van der Waals surface area contributed by atoms with E-state index in [1.165, 1.54) is 49.8 Å². The minimum absolute atomic E-state index is 0.265. The number of fused-ring (bicyclic) bond motifs is 2. The second kappa shape index (κ2) is 5.36. The lowest BCUT2D eigenvalue weighted by atomic mass is 9.78. The summed E-state index contributed by atoms with van der Waals surface area (Å²) in [5, 5.41) is 3.37. The number of rotatable bonds is 1. The van der Waals surface area contributed by atoms with Crippen molar-refractivity contribution in [3.63, 3.8) is 0 Å². The maximum atomic E-state index is 13.0. The van der Waals surface area contributed by atoms with E-state index in [0.717, 1.165) is 31.0 Å². The number of nitrogens with one attached hydrogen (secondary N) is 1. The molecule has 0 unspecified atom stereocenters. The fourth-order valence-electron chi connectivity index (χ4n) is 4.48. The third-order valence-electron chi connectivity index (χ3n) is 5.57. The van der Waals surface area contributed by atoms with Gasteiger partial charge >= 0.3 is 0 Å². The lowest BCUT2D eigenvalue weighted by Crippen LogP contribution is -2.49. The van der Waals surface area contributed by atoms with Crippen molar-refractivity contribution in [2.45, 2.75) is 51.0 Å². The first-order valence-electron chi connectivity index (χ1n) is 8.51. The van der Waals surface area contributed by atoms with Crippen molar-refractivity contribution in [1.82, 2.24) is 4.90 Å². The Bertz CT molecular complexity index is 552. The number of benzene rings is 1. The molecule has 0 aromatic heterocycles. The summed E-state index contributed by atoms with van der Waals surface area (Å²) in [5.74, 6) is 1.02. The summed E-state index contributed by atoms with van der Waals surface area (Å²) in [7, 11) is 0. The van der Waals surface area contributed by atoms with Crippen molar-refractivity contribution in [2.24, 2.45) is 5.92 Å². The second-order valence-corrected chi connectivity index (χ2v) is 6.80. The SMILES string of the molecule is O=C(c1ccc2c(c1)CCN2)N1CCC[C@@H]2CCCC[C@H]21. The number of carbonyl (C=O) groups excluding carboxylic acids is 1. The molecule has 3 nitrogen and oxygen atoms in total. The number of amides is 1. The van der Waals surface area contributed by atoms with Crippen LogP contribution in [0.1, 0.15) is 54.4 Å². The maximum Gasteiger partial charge on any atom is 0.254 e. The van der Waals surface area contributed by atoms with E-state index in [9.17, 15) is 4.79 Å². The molecule has 1 saturated carbocycles. The van der Waals surface area contributed by atoms with Gasteiger partial charge < -0.3 is 10.2 Å². The van der Waals surface area contributed by atoms with Crippen LogP contribution >= 0.6 is 0 Å². The molecular weight excluding hydrogens is 260 g/mol. The van der Waals surface area contributed by atoms with E-state index in [1.807, 2.05) is 6.07 Å². The molecule has 1 saturated heterocycles. The molecule has 112 valence electrons. The molecule has 1 aliphatic carbocycles. The van der Waals surface area contributed by atoms with Crippen LogP contribution in [0.3, 0.4) is 0 Å². The number of likely N-dealkylation sites (tertiary alicyclic amines) is 1. The number of piperidine rings is 1. The lowest BCUT2D eigenvalue weighted by molar-refractivity contribution is 0.0390. The highest BCUT2D eigenvalue weighted by Crippen LogP contribution is 2.36. The van der Waals surface area contributed by atoms with Gasteiger partial charge in [0, 0.05) is 30.4 Å². The molecule has 0 spiro atoms. The van der Waals surface area contributed by atoms with Gasteiger partial charge in [0.15, 0.2) is 0 Å². The molecule has 2 fully saturated rings. The average Bonchev–Trinajstić information content (AvgIpc) is 3.01. The van der Waals surface area contributed by atoms with Crippen LogP contribution in [-0.2, 0) is 6.42 Å². The predicted molar refractivity (Wildman–Crippen MR) is 84.7 cm³/mol. The number of hydrogen-bond donors (Lipinski definition) is 1. The van der Waals surface area contributed by atoms with Gasteiger partial charge in [-0.05, 0) is 61.8 Å². The van der Waals surface area contributed by atoms with Crippen LogP contribution in [0.15, 0.2) is 18.2 Å². The molecule has 0 radical (unpaired) electrons. The van der Waals surface area contributed by atoms with Crippen LogP contribution in [0, 0.1) is 5.92 Å². The monoisotopic (exact) mass is 284 g/mol. The summed E-state index contributed by atoms with van der Waals surface area (Å²) in [6.07, 6.45) is 8.72. The van der Waals surface area contributed by atoms with Crippen LogP contribution in [0.5, 0.6) is 0 Å². The maximum absolute atomic E-state index is 13.0. The molecule has 0 bridgehead atoms. The number of hydrogen-bond acceptors (Lipinski definition) is 2. The topological polar surface area (TPSA) is 32.3 Å².